The van der Waals surface area contributed by atoms with Crippen LogP contribution >= 0.6 is 0 Å². The largest absolute Gasteiger partial charge is 0.493 e. The molecule has 0 unspecified atom stereocenters. The molecule has 9 nitrogen and oxygen atoms in total. The van der Waals surface area contributed by atoms with Gasteiger partial charge in [0, 0.05) is 25.6 Å². The van der Waals surface area contributed by atoms with Crippen molar-refractivity contribution in [1.82, 2.24) is 4.98 Å². The number of nitrogens with zero attached hydrogens (tertiary/aromatic N) is 1. The van der Waals surface area contributed by atoms with Crippen molar-refractivity contribution in [3.8, 4) is 17.2 Å². The molecule has 0 N–H and O–H groups in total. The van der Waals surface area contributed by atoms with Crippen molar-refractivity contribution >= 4 is 17.7 Å². The minimum absolute atomic E-state index is 0.00643. The third-order valence-corrected chi connectivity index (χ3v) is 5.92. The molecule has 0 spiro atoms. The van der Waals surface area contributed by atoms with Gasteiger partial charge in [0.05, 0.1) is 13.0 Å². The number of ketones is 1. The van der Waals surface area contributed by atoms with E-state index in [1.54, 1.807) is 38.1 Å². The molecule has 10 heteroatoms. The molecule has 1 heterocycles. The summed E-state index contributed by atoms with van der Waals surface area (Å²) < 4.78 is 40.9. The average molecular weight is 554 g/mol. The zero-order valence-electron chi connectivity index (χ0n) is 23.0. The van der Waals surface area contributed by atoms with Gasteiger partial charge in [0.15, 0.2) is 29.1 Å². The molecule has 0 aliphatic rings. The van der Waals surface area contributed by atoms with Crippen LogP contribution in [-0.4, -0.2) is 42.7 Å². The van der Waals surface area contributed by atoms with Gasteiger partial charge in [-0.2, -0.15) is 0 Å². The molecule has 0 amide bonds. The van der Waals surface area contributed by atoms with Crippen LogP contribution in [0.5, 0.6) is 17.2 Å². The molecule has 40 heavy (non-hydrogen) atoms. The number of aromatic nitrogens is 1. The number of benzene rings is 2. The number of hydrogen-bond acceptors (Lipinski definition) is 9. The molecule has 3 rings (SSSR count). The number of halogens is 1. The lowest BCUT2D eigenvalue weighted by Gasteiger charge is -2.26. The number of hydrogen-bond donors (Lipinski definition) is 0. The minimum atomic E-state index is -0.850. The standard InChI is InChI=1S/C30H32FNO8/c1-18-6-12-24(13-7-18)40-28(22-8-10-23(31)11-9-22)20(3)39-30(35)19(2)16-25(34)27-29(38-17-37-21(4)33)26(36-5)14-15-32-27/h6-15,19-20,28H,16-17H2,1-5H3/t19-,20+,28+/m1/s1. The molecule has 1 aromatic heterocycles. The van der Waals surface area contributed by atoms with Gasteiger partial charge in [-0.1, -0.05) is 36.8 Å². The first-order valence-corrected chi connectivity index (χ1v) is 12.6. The number of aryl methyl sites for hydroxylation is 1. The Kier molecular flexibility index (Phi) is 10.6. The highest BCUT2D eigenvalue weighted by Gasteiger charge is 2.29. The van der Waals surface area contributed by atoms with Gasteiger partial charge in [0.1, 0.15) is 17.7 Å². The first-order valence-electron chi connectivity index (χ1n) is 12.6. The van der Waals surface area contributed by atoms with E-state index < -0.39 is 48.5 Å². The second-order valence-corrected chi connectivity index (χ2v) is 9.16. The fraction of sp³-hybridized carbons (Fsp3) is 0.333. The van der Waals surface area contributed by atoms with Crippen LogP contribution in [0.25, 0.3) is 0 Å². The lowest BCUT2D eigenvalue weighted by molar-refractivity contribution is -0.157. The molecule has 0 saturated heterocycles. The van der Waals surface area contributed by atoms with Gasteiger partial charge in [0.2, 0.25) is 6.79 Å². The predicted octanol–water partition coefficient (Wildman–Crippen LogP) is 5.40. The molecule has 212 valence electrons. The summed E-state index contributed by atoms with van der Waals surface area (Å²) in [5.74, 6) is -2.19. The summed E-state index contributed by atoms with van der Waals surface area (Å²) in [7, 11) is 1.39. The number of carbonyl (C=O) groups excluding carboxylic acids is 3. The zero-order chi connectivity index (χ0) is 29.2. The molecule has 0 aliphatic carbocycles. The Morgan fingerprint density at radius 2 is 1.65 bits per heavy atom. The SMILES string of the molecule is COc1ccnc(C(=O)C[C@@H](C)C(=O)O[C@@H](C)[C@H](Oc2ccc(C)cc2)c2ccc(F)cc2)c1OCOC(C)=O. The lowest BCUT2D eigenvalue weighted by atomic mass is 10.0. The summed E-state index contributed by atoms with van der Waals surface area (Å²) in [6.45, 7) is 5.94. The Hall–Kier alpha value is -4.47. The summed E-state index contributed by atoms with van der Waals surface area (Å²) in [5.41, 5.74) is 1.58. The normalized spacial score (nSPS) is 12.9. The average Bonchev–Trinajstić information content (AvgIpc) is 2.93. The third kappa shape index (κ3) is 8.26. The van der Waals surface area contributed by atoms with Crippen molar-refractivity contribution < 1.29 is 42.5 Å². The Bertz CT molecular complexity index is 1310. The number of pyridine rings is 1. The molecule has 2 aromatic carbocycles. The number of carbonyl (C=O) groups is 3. The van der Waals surface area contributed by atoms with Crippen molar-refractivity contribution in [2.75, 3.05) is 13.9 Å². The topological polar surface area (TPSA) is 110 Å². The summed E-state index contributed by atoms with van der Waals surface area (Å²) in [6.07, 6.45) is -0.396. The molecule has 3 aromatic rings. The summed E-state index contributed by atoms with van der Waals surface area (Å²) in [6, 6.07) is 14.6. The summed E-state index contributed by atoms with van der Waals surface area (Å²) >= 11 is 0. The van der Waals surface area contributed by atoms with E-state index in [0.717, 1.165) is 5.56 Å². The van der Waals surface area contributed by atoms with Gasteiger partial charge in [-0.25, -0.2) is 9.37 Å². The van der Waals surface area contributed by atoms with Crippen LogP contribution in [-0.2, 0) is 19.1 Å². The number of methoxy groups -OCH3 is 1. The van der Waals surface area contributed by atoms with E-state index in [0.29, 0.717) is 11.3 Å². The number of ether oxygens (including phenoxy) is 5. The van der Waals surface area contributed by atoms with E-state index in [1.165, 1.54) is 38.4 Å². The summed E-state index contributed by atoms with van der Waals surface area (Å²) in [5, 5.41) is 0. The fourth-order valence-corrected chi connectivity index (χ4v) is 3.77. The fourth-order valence-electron chi connectivity index (χ4n) is 3.77. The number of rotatable bonds is 13. The second kappa shape index (κ2) is 14.1. The van der Waals surface area contributed by atoms with Crippen LogP contribution in [0.3, 0.4) is 0 Å². The van der Waals surface area contributed by atoms with E-state index in [2.05, 4.69) is 4.98 Å². The zero-order valence-corrected chi connectivity index (χ0v) is 23.0. The summed E-state index contributed by atoms with van der Waals surface area (Å²) in [4.78, 5) is 41.3. The van der Waals surface area contributed by atoms with Crippen molar-refractivity contribution in [3.63, 3.8) is 0 Å². The van der Waals surface area contributed by atoms with Crippen LogP contribution in [0.4, 0.5) is 4.39 Å². The van der Waals surface area contributed by atoms with Crippen LogP contribution < -0.4 is 14.2 Å². The van der Waals surface area contributed by atoms with Gasteiger partial charge in [-0.05, 0) is 43.7 Å². The Balaban J connectivity index is 1.73. The van der Waals surface area contributed by atoms with Crippen LogP contribution in [0.2, 0.25) is 0 Å². The molecule has 0 radical (unpaired) electrons. The van der Waals surface area contributed by atoms with Crippen molar-refractivity contribution in [3.05, 3.63) is 83.4 Å². The highest BCUT2D eigenvalue weighted by atomic mass is 19.1. The first kappa shape index (κ1) is 30.1. The molecule has 0 bridgehead atoms. The van der Waals surface area contributed by atoms with E-state index in [1.807, 2.05) is 19.1 Å². The molecular formula is C30H32FNO8. The van der Waals surface area contributed by atoms with Crippen LogP contribution in [0.1, 0.15) is 54.9 Å². The second-order valence-electron chi connectivity index (χ2n) is 9.16. The van der Waals surface area contributed by atoms with Crippen LogP contribution in [0.15, 0.2) is 60.8 Å². The molecule has 3 atom stereocenters. The number of Topliss-reactive ketones (excluding diaryl/α,β-unsaturated/α-hetero) is 1. The van der Waals surface area contributed by atoms with Crippen molar-refractivity contribution in [2.24, 2.45) is 5.92 Å². The first-order chi connectivity index (χ1) is 19.1. The smallest absolute Gasteiger partial charge is 0.309 e. The van der Waals surface area contributed by atoms with E-state index in [4.69, 9.17) is 23.7 Å². The highest BCUT2D eigenvalue weighted by molar-refractivity contribution is 5.99. The van der Waals surface area contributed by atoms with Gasteiger partial charge in [-0.3, -0.25) is 14.4 Å². The lowest BCUT2D eigenvalue weighted by Crippen LogP contribution is -2.30. The molecule has 0 fully saturated rings. The predicted molar refractivity (Wildman–Crippen MR) is 143 cm³/mol. The van der Waals surface area contributed by atoms with E-state index >= 15 is 0 Å². The highest BCUT2D eigenvalue weighted by Crippen LogP contribution is 2.32. The molecule has 0 saturated carbocycles. The maximum Gasteiger partial charge on any atom is 0.309 e. The Morgan fingerprint density at radius 1 is 0.975 bits per heavy atom. The Labute approximate surface area is 232 Å². The quantitative estimate of drug-likeness (QED) is 0.156. The molecule has 0 aliphatic heterocycles. The third-order valence-electron chi connectivity index (χ3n) is 5.92. The van der Waals surface area contributed by atoms with Gasteiger partial charge >= 0.3 is 11.9 Å². The van der Waals surface area contributed by atoms with Crippen molar-refractivity contribution in [1.29, 1.82) is 0 Å². The minimum Gasteiger partial charge on any atom is -0.493 e. The monoisotopic (exact) mass is 553 g/mol. The van der Waals surface area contributed by atoms with Crippen LogP contribution in [0, 0.1) is 18.7 Å². The van der Waals surface area contributed by atoms with Crippen molar-refractivity contribution in [2.45, 2.75) is 46.3 Å². The van der Waals surface area contributed by atoms with Gasteiger partial charge < -0.3 is 23.7 Å². The Morgan fingerprint density at radius 3 is 2.27 bits per heavy atom. The van der Waals surface area contributed by atoms with Gasteiger partial charge in [0.25, 0.3) is 0 Å². The maximum atomic E-state index is 13.6. The molecular weight excluding hydrogens is 521 g/mol. The van der Waals surface area contributed by atoms with E-state index in [-0.39, 0.29) is 23.6 Å². The number of esters is 2. The maximum absolute atomic E-state index is 13.6. The van der Waals surface area contributed by atoms with Gasteiger partial charge in [-0.15, -0.1) is 0 Å². The van der Waals surface area contributed by atoms with E-state index in [9.17, 15) is 18.8 Å².